The number of ether oxygens (including phenoxy) is 1. The van der Waals surface area contributed by atoms with E-state index in [2.05, 4.69) is 11.0 Å². The molecule has 0 aliphatic carbocycles. The molecule has 1 fully saturated rings. The second-order valence-electron chi connectivity index (χ2n) is 7.64. The van der Waals surface area contributed by atoms with Crippen LogP contribution in [0.5, 0.6) is 5.75 Å². The Morgan fingerprint density at radius 1 is 0.806 bits per heavy atom. The molecule has 6 heteroatoms. The zero-order valence-corrected chi connectivity index (χ0v) is 18.6. The molecule has 1 saturated heterocycles. The number of amides is 1. The third-order valence-electron chi connectivity index (χ3n) is 5.33. The fraction of sp³-hybridized carbons (Fsp3) is 0.240. The first kappa shape index (κ1) is 21.7. The molecule has 0 radical (unpaired) electrons. The highest BCUT2D eigenvalue weighted by Crippen LogP contribution is 2.19. The van der Waals surface area contributed by atoms with E-state index in [1.165, 1.54) is 5.56 Å². The summed E-state index contributed by atoms with van der Waals surface area (Å²) in [4.78, 5) is 17.3. The van der Waals surface area contributed by atoms with Crippen molar-refractivity contribution in [1.82, 2.24) is 9.80 Å². The van der Waals surface area contributed by atoms with Gasteiger partial charge in [0.25, 0.3) is 5.91 Å². The SMILES string of the molecule is O=C(c1cccc(COc2cccc(Cl)c2)c1)N1CCN(Cc2cccc(Cl)c2)CC1. The summed E-state index contributed by atoms with van der Waals surface area (Å²) in [5.74, 6) is 0.770. The van der Waals surface area contributed by atoms with E-state index < -0.39 is 0 Å². The maximum atomic E-state index is 13.0. The van der Waals surface area contributed by atoms with Crippen molar-refractivity contribution in [2.75, 3.05) is 26.2 Å². The van der Waals surface area contributed by atoms with Gasteiger partial charge in [0, 0.05) is 48.3 Å². The molecule has 1 heterocycles. The zero-order valence-electron chi connectivity index (χ0n) is 17.1. The number of carbonyl (C=O) groups excluding carboxylic acids is 1. The van der Waals surface area contributed by atoms with Crippen LogP contribution in [0.25, 0.3) is 0 Å². The van der Waals surface area contributed by atoms with Crippen LogP contribution in [0.2, 0.25) is 10.0 Å². The van der Waals surface area contributed by atoms with Gasteiger partial charge in [-0.1, -0.05) is 53.5 Å². The summed E-state index contributed by atoms with van der Waals surface area (Å²) in [6.07, 6.45) is 0. The summed E-state index contributed by atoms with van der Waals surface area (Å²) in [7, 11) is 0. The minimum atomic E-state index is 0.0620. The Bertz CT molecular complexity index is 1050. The molecule has 4 rings (SSSR count). The molecule has 0 bridgehead atoms. The van der Waals surface area contributed by atoms with Crippen LogP contribution in [0.4, 0.5) is 0 Å². The van der Waals surface area contributed by atoms with Crippen LogP contribution in [0.15, 0.2) is 72.8 Å². The van der Waals surface area contributed by atoms with Gasteiger partial charge in [0.15, 0.2) is 0 Å². The average molecular weight is 455 g/mol. The molecule has 0 aromatic heterocycles. The van der Waals surface area contributed by atoms with Gasteiger partial charge < -0.3 is 9.64 Å². The van der Waals surface area contributed by atoms with E-state index in [4.69, 9.17) is 27.9 Å². The van der Waals surface area contributed by atoms with Crippen molar-refractivity contribution in [1.29, 1.82) is 0 Å². The van der Waals surface area contributed by atoms with E-state index in [-0.39, 0.29) is 5.91 Å². The van der Waals surface area contributed by atoms with E-state index in [0.717, 1.165) is 30.2 Å². The van der Waals surface area contributed by atoms with Crippen molar-refractivity contribution >= 4 is 29.1 Å². The number of nitrogens with zero attached hydrogens (tertiary/aromatic N) is 2. The normalized spacial score (nSPS) is 14.5. The lowest BCUT2D eigenvalue weighted by Gasteiger charge is -2.35. The molecule has 1 aliphatic heterocycles. The molecule has 160 valence electrons. The van der Waals surface area contributed by atoms with Crippen molar-refractivity contribution in [2.24, 2.45) is 0 Å². The summed E-state index contributed by atoms with van der Waals surface area (Å²) in [6.45, 7) is 4.34. The predicted molar refractivity (Wildman–Crippen MR) is 125 cm³/mol. The Morgan fingerprint density at radius 3 is 2.23 bits per heavy atom. The van der Waals surface area contributed by atoms with Crippen molar-refractivity contribution in [3.8, 4) is 5.75 Å². The lowest BCUT2D eigenvalue weighted by molar-refractivity contribution is 0.0628. The zero-order chi connectivity index (χ0) is 21.6. The van der Waals surface area contributed by atoms with Crippen LogP contribution in [-0.2, 0) is 13.2 Å². The van der Waals surface area contributed by atoms with Crippen molar-refractivity contribution in [3.63, 3.8) is 0 Å². The Hall–Kier alpha value is -2.53. The molecule has 0 unspecified atom stereocenters. The molecule has 3 aromatic rings. The smallest absolute Gasteiger partial charge is 0.253 e. The lowest BCUT2D eigenvalue weighted by Crippen LogP contribution is -2.48. The highest BCUT2D eigenvalue weighted by Gasteiger charge is 2.22. The summed E-state index contributed by atoms with van der Waals surface area (Å²) >= 11 is 12.1. The fourth-order valence-electron chi connectivity index (χ4n) is 3.70. The number of hydrogen-bond acceptors (Lipinski definition) is 3. The molecule has 4 nitrogen and oxygen atoms in total. The fourth-order valence-corrected chi connectivity index (χ4v) is 4.10. The van der Waals surface area contributed by atoms with Gasteiger partial charge in [0.2, 0.25) is 0 Å². The maximum absolute atomic E-state index is 13.0. The predicted octanol–water partition coefficient (Wildman–Crippen LogP) is 5.53. The summed E-state index contributed by atoms with van der Waals surface area (Å²) in [5.41, 5.74) is 2.83. The molecule has 0 spiro atoms. The van der Waals surface area contributed by atoms with E-state index >= 15 is 0 Å². The number of carbonyl (C=O) groups is 1. The molecule has 1 aliphatic rings. The molecule has 0 atom stereocenters. The first-order valence-electron chi connectivity index (χ1n) is 10.3. The molecule has 3 aromatic carbocycles. The highest BCUT2D eigenvalue weighted by molar-refractivity contribution is 6.30. The quantitative estimate of drug-likeness (QED) is 0.490. The largest absolute Gasteiger partial charge is 0.489 e. The van der Waals surface area contributed by atoms with Gasteiger partial charge in [-0.25, -0.2) is 0 Å². The molecule has 0 saturated carbocycles. The number of hydrogen-bond donors (Lipinski definition) is 0. The topological polar surface area (TPSA) is 32.8 Å². The minimum absolute atomic E-state index is 0.0620. The number of halogens is 2. The van der Waals surface area contributed by atoms with Crippen LogP contribution in [0, 0.1) is 0 Å². The van der Waals surface area contributed by atoms with Gasteiger partial charge in [0.05, 0.1) is 0 Å². The Morgan fingerprint density at radius 2 is 1.48 bits per heavy atom. The Kier molecular flexibility index (Phi) is 7.13. The molecular weight excluding hydrogens is 431 g/mol. The van der Waals surface area contributed by atoms with Crippen LogP contribution >= 0.6 is 23.2 Å². The summed E-state index contributed by atoms with van der Waals surface area (Å²) in [5, 5.41) is 1.39. The van der Waals surface area contributed by atoms with Gasteiger partial charge in [-0.15, -0.1) is 0 Å². The highest BCUT2D eigenvalue weighted by atomic mass is 35.5. The first-order chi connectivity index (χ1) is 15.1. The van der Waals surface area contributed by atoms with Gasteiger partial charge in [-0.05, 0) is 53.6 Å². The third kappa shape index (κ3) is 6.01. The Labute approximate surface area is 192 Å². The van der Waals surface area contributed by atoms with Crippen LogP contribution < -0.4 is 4.74 Å². The number of benzene rings is 3. The Balaban J connectivity index is 1.32. The minimum Gasteiger partial charge on any atom is -0.489 e. The van der Waals surface area contributed by atoms with Gasteiger partial charge in [-0.2, -0.15) is 0 Å². The molecular formula is C25H24Cl2N2O2. The summed E-state index contributed by atoms with van der Waals surface area (Å²) in [6, 6.07) is 22.9. The van der Waals surface area contributed by atoms with Crippen LogP contribution in [-0.4, -0.2) is 41.9 Å². The third-order valence-corrected chi connectivity index (χ3v) is 5.80. The van der Waals surface area contributed by atoms with Gasteiger partial charge >= 0.3 is 0 Å². The maximum Gasteiger partial charge on any atom is 0.253 e. The standard InChI is InChI=1S/C25H24Cl2N2O2/c26-22-7-2-4-19(15-22)17-28-10-12-29(13-11-28)25(30)21-6-1-5-20(14-21)18-31-24-9-3-8-23(27)16-24/h1-9,14-16H,10-13,17-18H2. The van der Waals surface area contributed by atoms with Gasteiger partial charge in [-0.3, -0.25) is 9.69 Å². The summed E-state index contributed by atoms with van der Waals surface area (Å²) < 4.78 is 5.81. The van der Waals surface area contributed by atoms with E-state index in [1.54, 1.807) is 6.07 Å². The van der Waals surface area contributed by atoms with Crippen LogP contribution in [0.3, 0.4) is 0 Å². The molecule has 31 heavy (non-hydrogen) atoms. The lowest BCUT2D eigenvalue weighted by atomic mass is 10.1. The van der Waals surface area contributed by atoms with Crippen molar-refractivity contribution in [2.45, 2.75) is 13.2 Å². The van der Waals surface area contributed by atoms with Crippen LogP contribution in [0.1, 0.15) is 21.5 Å². The average Bonchev–Trinajstić information content (AvgIpc) is 2.78. The first-order valence-corrected chi connectivity index (χ1v) is 11.1. The second kappa shape index (κ2) is 10.2. The number of rotatable bonds is 6. The monoisotopic (exact) mass is 454 g/mol. The van der Waals surface area contributed by atoms with Crippen molar-refractivity contribution in [3.05, 3.63) is 99.5 Å². The van der Waals surface area contributed by atoms with E-state index in [1.807, 2.05) is 65.6 Å². The van der Waals surface area contributed by atoms with E-state index in [0.29, 0.717) is 36.0 Å². The second-order valence-corrected chi connectivity index (χ2v) is 8.52. The molecule has 0 N–H and O–H groups in total. The van der Waals surface area contributed by atoms with Crippen molar-refractivity contribution < 1.29 is 9.53 Å². The van der Waals surface area contributed by atoms with E-state index in [9.17, 15) is 4.79 Å². The number of piperazine rings is 1. The van der Waals surface area contributed by atoms with Gasteiger partial charge in [0.1, 0.15) is 12.4 Å². The molecule has 1 amide bonds.